The molecule has 1 amide bonds. The predicted octanol–water partition coefficient (Wildman–Crippen LogP) is 2.85. The summed E-state index contributed by atoms with van der Waals surface area (Å²) in [6.07, 6.45) is 2.55. The number of aromatic nitrogens is 1. The number of halogens is 2. The highest BCUT2D eigenvalue weighted by atomic mass is 35.5. The topological polar surface area (TPSA) is 80.0 Å². The van der Waals surface area contributed by atoms with Crippen LogP contribution < -0.4 is 16.4 Å². The smallest absolute Gasteiger partial charge is 0.241 e. The fourth-order valence-corrected chi connectivity index (χ4v) is 2.02. The fourth-order valence-electron chi connectivity index (χ4n) is 2.02. The van der Waals surface area contributed by atoms with E-state index in [4.69, 9.17) is 5.73 Å². The van der Waals surface area contributed by atoms with Gasteiger partial charge in [0.15, 0.2) is 0 Å². The standard InChI is InChI=1S/C17H22N4O.2ClH/c1-13-6-8-14(9-7-13)16(18)17(22)21-12-4-11-20-15-5-2-3-10-19-15;;/h2-3,5-10,16H,4,11-12,18H2,1H3,(H,19,20)(H,21,22);2*1H. The zero-order valence-corrected chi connectivity index (χ0v) is 15.2. The van der Waals surface area contributed by atoms with E-state index >= 15 is 0 Å². The minimum Gasteiger partial charge on any atom is -0.370 e. The van der Waals surface area contributed by atoms with E-state index in [-0.39, 0.29) is 30.7 Å². The Bertz CT molecular complexity index is 593. The molecule has 0 aliphatic heterocycles. The highest BCUT2D eigenvalue weighted by molar-refractivity contribution is 5.85. The van der Waals surface area contributed by atoms with Crippen LogP contribution >= 0.6 is 24.8 Å². The number of aryl methyl sites for hydroxylation is 1. The Labute approximate surface area is 155 Å². The van der Waals surface area contributed by atoms with Gasteiger partial charge in [-0.05, 0) is 31.0 Å². The summed E-state index contributed by atoms with van der Waals surface area (Å²) in [6, 6.07) is 12.8. The maximum atomic E-state index is 12.0. The maximum Gasteiger partial charge on any atom is 0.241 e. The van der Waals surface area contributed by atoms with E-state index in [1.54, 1.807) is 6.20 Å². The van der Waals surface area contributed by atoms with E-state index in [0.29, 0.717) is 6.54 Å². The van der Waals surface area contributed by atoms with Crippen LogP contribution in [-0.4, -0.2) is 24.0 Å². The van der Waals surface area contributed by atoms with Gasteiger partial charge in [-0.2, -0.15) is 0 Å². The first kappa shape index (κ1) is 22.2. The van der Waals surface area contributed by atoms with E-state index in [1.165, 1.54) is 0 Å². The summed E-state index contributed by atoms with van der Waals surface area (Å²) in [6.45, 7) is 3.33. The molecule has 1 atom stereocenters. The molecule has 0 saturated heterocycles. The summed E-state index contributed by atoms with van der Waals surface area (Å²) in [5.41, 5.74) is 7.94. The summed E-state index contributed by atoms with van der Waals surface area (Å²) < 4.78 is 0. The van der Waals surface area contributed by atoms with Crippen LogP contribution in [0.4, 0.5) is 5.82 Å². The van der Waals surface area contributed by atoms with Gasteiger partial charge in [-0.3, -0.25) is 4.79 Å². The summed E-state index contributed by atoms with van der Waals surface area (Å²) >= 11 is 0. The molecular formula is C17H24Cl2N4O. The third kappa shape index (κ3) is 7.17. The van der Waals surface area contributed by atoms with Crippen molar-refractivity contribution in [1.82, 2.24) is 10.3 Å². The quantitative estimate of drug-likeness (QED) is 0.654. The van der Waals surface area contributed by atoms with Crippen LogP contribution in [0.1, 0.15) is 23.6 Å². The van der Waals surface area contributed by atoms with Crippen molar-refractivity contribution >= 4 is 36.5 Å². The number of pyridine rings is 1. The number of hydrogen-bond donors (Lipinski definition) is 3. The van der Waals surface area contributed by atoms with Gasteiger partial charge in [0.25, 0.3) is 0 Å². The molecule has 0 radical (unpaired) electrons. The summed E-state index contributed by atoms with van der Waals surface area (Å²) in [7, 11) is 0. The van der Waals surface area contributed by atoms with Crippen molar-refractivity contribution in [3.63, 3.8) is 0 Å². The highest BCUT2D eigenvalue weighted by Crippen LogP contribution is 2.11. The van der Waals surface area contributed by atoms with Gasteiger partial charge in [0.05, 0.1) is 0 Å². The number of nitrogens with zero attached hydrogens (tertiary/aromatic N) is 1. The lowest BCUT2D eigenvalue weighted by Gasteiger charge is -2.13. The second-order valence-electron chi connectivity index (χ2n) is 5.17. The number of anilines is 1. The SMILES string of the molecule is Cc1ccc(C(N)C(=O)NCCCNc2ccccn2)cc1.Cl.Cl. The molecule has 1 heterocycles. The Hall–Kier alpha value is -1.82. The highest BCUT2D eigenvalue weighted by Gasteiger charge is 2.14. The molecule has 5 nitrogen and oxygen atoms in total. The lowest BCUT2D eigenvalue weighted by Crippen LogP contribution is -2.35. The Kier molecular flexibility index (Phi) is 10.8. The van der Waals surface area contributed by atoms with Gasteiger partial charge >= 0.3 is 0 Å². The number of rotatable bonds is 7. The number of hydrogen-bond acceptors (Lipinski definition) is 4. The monoisotopic (exact) mass is 370 g/mol. The number of nitrogens with one attached hydrogen (secondary N) is 2. The van der Waals surface area contributed by atoms with Crippen LogP contribution in [0.5, 0.6) is 0 Å². The third-order valence-electron chi connectivity index (χ3n) is 3.34. The van der Waals surface area contributed by atoms with Crippen LogP contribution in [0.25, 0.3) is 0 Å². The van der Waals surface area contributed by atoms with E-state index in [2.05, 4.69) is 15.6 Å². The van der Waals surface area contributed by atoms with E-state index in [0.717, 1.165) is 29.9 Å². The molecule has 1 aromatic heterocycles. The lowest BCUT2D eigenvalue weighted by molar-refractivity contribution is -0.122. The number of benzene rings is 1. The van der Waals surface area contributed by atoms with Crippen molar-refractivity contribution in [2.24, 2.45) is 5.73 Å². The van der Waals surface area contributed by atoms with Crippen molar-refractivity contribution < 1.29 is 4.79 Å². The van der Waals surface area contributed by atoms with Crippen molar-refractivity contribution in [2.45, 2.75) is 19.4 Å². The predicted molar refractivity (Wildman–Crippen MR) is 103 cm³/mol. The Balaban J connectivity index is 0.00000264. The Morgan fingerprint density at radius 3 is 2.46 bits per heavy atom. The molecule has 0 saturated carbocycles. The maximum absolute atomic E-state index is 12.0. The molecule has 0 fully saturated rings. The molecule has 2 aromatic rings. The first-order valence-corrected chi connectivity index (χ1v) is 7.41. The van der Waals surface area contributed by atoms with E-state index in [1.807, 2.05) is 49.4 Å². The van der Waals surface area contributed by atoms with Crippen LogP contribution in [0.15, 0.2) is 48.7 Å². The third-order valence-corrected chi connectivity index (χ3v) is 3.34. The zero-order valence-electron chi connectivity index (χ0n) is 13.6. The van der Waals surface area contributed by atoms with Gasteiger partial charge in [0, 0.05) is 19.3 Å². The van der Waals surface area contributed by atoms with Crippen LogP contribution in [-0.2, 0) is 4.79 Å². The molecule has 7 heteroatoms. The van der Waals surface area contributed by atoms with Gasteiger partial charge in [-0.1, -0.05) is 35.9 Å². The molecule has 24 heavy (non-hydrogen) atoms. The number of amides is 1. The summed E-state index contributed by atoms with van der Waals surface area (Å²) in [5, 5.41) is 6.05. The molecule has 132 valence electrons. The molecule has 1 aromatic carbocycles. The van der Waals surface area contributed by atoms with E-state index < -0.39 is 6.04 Å². The molecule has 0 aliphatic carbocycles. The second-order valence-corrected chi connectivity index (χ2v) is 5.17. The average Bonchev–Trinajstić information content (AvgIpc) is 2.55. The van der Waals surface area contributed by atoms with Crippen molar-refractivity contribution in [1.29, 1.82) is 0 Å². The largest absolute Gasteiger partial charge is 0.370 e. The summed E-state index contributed by atoms with van der Waals surface area (Å²) in [5.74, 6) is 0.687. The number of nitrogens with two attached hydrogens (primary N) is 1. The van der Waals surface area contributed by atoms with Crippen LogP contribution in [0.3, 0.4) is 0 Å². The minimum atomic E-state index is -0.621. The number of carbonyl (C=O) groups is 1. The van der Waals surface area contributed by atoms with Crippen LogP contribution in [0.2, 0.25) is 0 Å². The van der Waals surface area contributed by atoms with Gasteiger partial charge < -0.3 is 16.4 Å². The molecular weight excluding hydrogens is 347 g/mol. The minimum absolute atomic E-state index is 0. The fraction of sp³-hybridized carbons (Fsp3) is 0.294. The van der Waals surface area contributed by atoms with Gasteiger partial charge in [0.2, 0.25) is 5.91 Å². The first-order chi connectivity index (χ1) is 10.7. The first-order valence-electron chi connectivity index (χ1n) is 7.41. The molecule has 0 spiro atoms. The normalized spacial score (nSPS) is 10.8. The van der Waals surface area contributed by atoms with Gasteiger partial charge in [-0.25, -0.2) is 4.98 Å². The zero-order chi connectivity index (χ0) is 15.8. The molecule has 0 bridgehead atoms. The van der Waals surface area contributed by atoms with E-state index in [9.17, 15) is 4.79 Å². The van der Waals surface area contributed by atoms with Gasteiger partial charge in [0.1, 0.15) is 11.9 Å². The summed E-state index contributed by atoms with van der Waals surface area (Å²) in [4.78, 5) is 16.2. The molecule has 4 N–H and O–H groups in total. The Morgan fingerprint density at radius 2 is 1.83 bits per heavy atom. The van der Waals surface area contributed by atoms with Crippen molar-refractivity contribution in [3.8, 4) is 0 Å². The van der Waals surface area contributed by atoms with Crippen LogP contribution in [0, 0.1) is 6.92 Å². The molecule has 2 rings (SSSR count). The average molecular weight is 371 g/mol. The lowest BCUT2D eigenvalue weighted by atomic mass is 10.1. The number of carbonyl (C=O) groups excluding carboxylic acids is 1. The van der Waals surface area contributed by atoms with Crippen molar-refractivity contribution in [2.75, 3.05) is 18.4 Å². The molecule has 0 aliphatic rings. The Morgan fingerprint density at radius 1 is 1.12 bits per heavy atom. The van der Waals surface area contributed by atoms with Crippen molar-refractivity contribution in [3.05, 3.63) is 59.8 Å². The molecule has 1 unspecified atom stereocenters. The second kappa shape index (κ2) is 11.7. The van der Waals surface area contributed by atoms with Gasteiger partial charge in [-0.15, -0.1) is 24.8 Å².